The normalized spacial score (nSPS) is 26.1. The first-order valence-corrected chi connectivity index (χ1v) is 10.2. The van der Waals surface area contributed by atoms with E-state index in [1.807, 2.05) is 0 Å². The van der Waals surface area contributed by atoms with Gasteiger partial charge in [-0.2, -0.15) is 0 Å². The Kier molecular flexibility index (Phi) is 5.10. The number of amides is 1. The third kappa shape index (κ3) is 4.48. The van der Waals surface area contributed by atoms with E-state index in [0.29, 0.717) is 35.8 Å². The first-order valence-electron chi connectivity index (χ1n) is 8.60. The standard InChI is InChI=1S/C17H25N3O3S/c1-2-24(22,23)20-14-5-3-13(4-6-14)19-17(21)11-12-9-15-7-8-16(10-12)18-15/h3-6,12,15-16,18,20H,2,7-11H2,1H3,(H,19,21). The van der Waals surface area contributed by atoms with Gasteiger partial charge in [-0.3, -0.25) is 9.52 Å². The highest BCUT2D eigenvalue weighted by Crippen LogP contribution is 2.32. The number of rotatable bonds is 6. The minimum Gasteiger partial charge on any atom is -0.326 e. The molecule has 2 fully saturated rings. The van der Waals surface area contributed by atoms with E-state index in [0.717, 1.165) is 12.8 Å². The predicted octanol–water partition coefficient (Wildman–Crippen LogP) is 2.31. The number of hydrogen-bond acceptors (Lipinski definition) is 4. The van der Waals surface area contributed by atoms with Crippen LogP contribution >= 0.6 is 0 Å². The monoisotopic (exact) mass is 351 g/mol. The van der Waals surface area contributed by atoms with E-state index >= 15 is 0 Å². The number of sulfonamides is 1. The number of piperidine rings is 1. The molecule has 0 aliphatic carbocycles. The second-order valence-electron chi connectivity index (χ2n) is 6.81. The molecule has 1 aromatic rings. The summed E-state index contributed by atoms with van der Waals surface area (Å²) in [5, 5.41) is 6.49. The molecular formula is C17H25N3O3S. The molecule has 2 bridgehead atoms. The number of carbonyl (C=O) groups is 1. The largest absolute Gasteiger partial charge is 0.326 e. The molecular weight excluding hydrogens is 326 g/mol. The fourth-order valence-electron chi connectivity index (χ4n) is 3.69. The van der Waals surface area contributed by atoms with Crippen LogP contribution in [-0.4, -0.2) is 32.2 Å². The van der Waals surface area contributed by atoms with Gasteiger partial charge in [0, 0.05) is 29.9 Å². The van der Waals surface area contributed by atoms with E-state index in [4.69, 9.17) is 0 Å². The lowest BCUT2D eigenvalue weighted by Gasteiger charge is -2.28. The van der Waals surface area contributed by atoms with Crippen molar-refractivity contribution in [3.05, 3.63) is 24.3 Å². The minimum absolute atomic E-state index is 0.0307. The van der Waals surface area contributed by atoms with Gasteiger partial charge in [0.2, 0.25) is 15.9 Å². The summed E-state index contributed by atoms with van der Waals surface area (Å²) in [7, 11) is -3.28. The van der Waals surface area contributed by atoms with Crippen molar-refractivity contribution in [2.24, 2.45) is 5.92 Å². The fourth-order valence-corrected chi connectivity index (χ4v) is 4.33. The van der Waals surface area contributed by atoms with Gasteiger partial charge < -0.3 is 10.6 Å². The third-order valence-electron chi connectivity index (χ3n) is 4.87. The van der Waals surface area contributed by atoms with Crippen molar-refractivity contribution in [3.63, 3.8) is 0 Å². The molecule has 0 spiro atoms. The lowest BCUT2D eigenvalue weighted by Crippen LogP contribution is -2.39. The van der Waals surface area contributed by atoms with Crippen LogP contribution in [0.2, 0.25) is 0 Å². The first kappa shape index (κ1) is 17.2. The van der Waals surface area contributed by atoms with E-state index in [-0.39, 0.29) is 11.7 Å². The fraction of sp³-hybridized carbons (Fsp3) is 0.588. The Labute approximate surface area is 143 Å². The van der Waals surface area contributed by atoms with E-state index in [9.17, 15) is 13.2 Å². The molecule has 1 amide bonds. The Morgan fingerprint density at radius 3 is 2.29 bits per heavy atom. The molecule has 1 aromatic carbocycles. The van der Waals surface area contributed by atoms with Crippen LogP contribution in [0.4, 0.5) is 11.4 Å². The minimum atomic E-state index is -3.28. The second-order valence-corrected chi connectivity index (χ2v) is 8.82. The molecule has 3 rings (SSSR count). The second kappa shape index (κ2) is 7.11. The summed E-state index contributed by atoms with van der Waals surface area (Å²) in [5.74, 6) is 0.520. The van der Waals surface area contributed by atoms with Crippen molar-refractivity contribution >= 4 is 27.3 Å². The Balaban J connectivity index is 1.51. The average Bonchev–Trinajstić information content (AvgIpc) is 2.88. The van der Waals surface area contributed by atoms with Crippen LogP contribution in [0.15, 0.2) is 24.3 Å². The van der Waals surface area contributed by atoms with Crippen molar-refractivity contribution < 1.29 is 13.2 Å². The van der Waals surface area contributed by atoms with Crippen LogP contribution in [0.25, 0.3) is 0 Å². The molecule has 2 unspecified atom stereocenters. The highest BCUT2D eigenvalue weighted by atomic mass is 32.2. The van der Waals surface area contributed by atoms with Gasteiger partial charge in [-0.15, -0.1) is 0 Å². The van der Waals surface area contributed by atoms with Crippen LogP contribution in [-0.2, 0) is 14.8 Å². The number of carbonyl (C=O) groups excluding carboxylic acids is 1. The zero-order chi connectivity index (χ0) is 17.2. The molecule has 0 aromatic heterocycles. The van der Waals surface area contributed by atoms with Crippen LogP contribution < -0.4 is 15.4 Å². The van der Waals surface area contributed by atoms with E-state index in [1.54, 1.807) is 31.2 Å². The lowest BCUT2D eigenvalue weighted by molar-refractivity contribution is -0.117. The van der Waals surface area contributed by atoms with Gasteiger partial charge in [0.25, 0.3) is 0 Å². The molecule has 2 aliphatic rings. The van der Waals surface area contributed by atoms with Crippen molar-refractivity contribution in [3.8, 4) is 0 Å². The first-order chi connectivity index (χ1) is 11.4. The van der Waals surface area contributed by atoms with Crippen molar-refractivity contribution in [2.75, 3.05) is 15.8 Å². The number of nitrogens with one attached hydrogen (secondary N) is 3. The van der Waals surface area contributed by atoms with Crippen molar-refractivity contribution in [2.45, 2.75) is 51.1 Å². The SMILES string of the molecule is CCS(=O)(=O)Nc1ccc(NC(=O)CC2CC3CCC(C2)N3)cc1. The topological polar surface area (TPSA) is 87.3 Å². The van der Waals surface area contributed by atoms with Crippen molar-refractivity contribution in [1.82, 2.24) is 5.32 Å². The summed E-state index contributed by atoms with van der Waals surface area (Å²) in [6.45, 7) is 1.59. The molecule has 132 valence electrons. The van der Waals surface area contributed by atoms with Gasteiger partial charge >= 0.3 is 0 Å². The molecule has 3 N–H and O–H groups in total. The highest BCUT2D eigenvalue weighted by molar-refractivity contribution is 7.92. The number of fused-ring (bicyclic) bond motifs is 2. The average molecular weight is 351 g/mol. The van der Waals surface area contributed by atoms with Crippen LogP contribution in [0.1, 0.15) is 39.0 Å². The Hall–Kier alpha value is -1.60. The molecule has 2 aliphatic heterocycles. The maximum Gasteiger partial charge on any atom is 0.232 e. The lowest BCUT2D eigenvalue weighted by atomic mass is 9.89. The maximum atomic E-state index is 12.2. The molecule has 7 heteroatoms. The molecule has 6 nitrogen and oxygen atoms in total. The Bertz CT molecular complexity index is 676. The summed E-state index contributed by atoms with van der Waals surface area (Å²) in [6.07, 6.45) is 5.19. The van der Waals surface area contributed by atoms with Crippen molar-refractivity contribution in [1.29, 1.82) is 0 Å². The Morgan fingerprint density at radius 1 is 1.12 bits per heavy atom. The molecule has 2 heterocycles. The van der Waals surface area contributed by atoms with E-state index in [2.05, 4.69) is 15.4 Å². The predicted molar refractivity (Wildman–Crippen MR) is 95.4 cm³/mol. The van der Waals surface area contributed by atoms with E-state index in [1.165, 1.54) is 12.8 Å². The number of anilines is 2. The number of hydrogen-bond donors (Lipinski definition) is 3. The third-order valence-corrected chi connectivity index (χ3v) is 6.17. The molecule has 24 heavy (non-hydrogen) atoms. The molecule has 0 radical (unpaired) electrons. The van der Waals surface area contributed by atoms with Gasteiger partial charge in [-0.05, 0) is 62.8 Å². The summed E-state index contributed by atoms with van der Waals surface area (Å²) in [6, 6.07) is 7.94. The van der Waals surface area contributed by atoms with Gasteiger partial charge in [-0.1, -0.05) is 0 Å². The van der Waals surface area contributed by atoms with Gasteiger partial charge in [0.05, 0.1) is 5.75 Å². The summed E-state index contributed by atoms with van der Waals surface area (Å²) >= 11 is 0. The maximum absolute atomic E-state index is 12.2. The highest BCUT2D eigenvalue weighted by Gasteiger charge is 2.34. The summed E-state index contributed by atoms with van der Waals surface area (Å²) in [5.41, 5.74) is 1.20. The smallest absolute Gasteiger partial charge is 0.232 e. The van der Waals surface area contributed by atoms with Gasteiger partial charge in [0.1, 0.15) is 0 Å². The number of benzene rings is 1. The molecule has 2 saturated heterocycles. The molecule has 2 atom stereocenters. The zero-order valence-electron chi connectivity index (χ0n) is 13.9. The molecule has 0 saturated carbocycles. The quantitative estimate of drug-likeness (QED) is 0.734. The van der Waals surface area contributed by atoms with E-state index < -0.39 is 10.0 Å². The van der Waals surface area contributed by atoms with Gasteiger partial charge in [0.15, 0.2) is 0 Å². The van der Waals surface area contributed by atoms with Crippen LogP contribution in [0, 0.1) is 5.92 Å². The Morgan fingerprint density at radius 2 is 1.71 bits per heavy atom. The zero-order valence-corrected chi connectivity index (χ0v) is 14.7. The summed E-state index contributed by atoms with van der Waals surface area (Å²) in [4.78, 5) is 12.2. The van der Waals surface area contributed by atoms with Crippen LogP contribution in [0.5, 0.6) is 0 Å². The van der Waals surface area contributed by atoms with Gasteiger partial charge in [-0.25, -0.2) is 8.42 Å². The van der Waals surface area contributed by atoms with Crippen LogP contribution in [0.3, 0.4) is 0 Å². The summed E-state index contributed by atoms with van der Waals surface area (Å²) < 4.78 is 25.5.